The van der Waals surface area contributed by atoms with E-state index in [2.05, 4.69) is 14.8 Å². The maximum Gasteiger partial charge on any atom is 0.357 e. The monoisotopic (exact) mass is 384 g/mol. The van der Waals surface area contributed by atoms with E-state index >= 15 is 0 Å². The minimum Gasteiger partial charge on any atom is -0.455 e. The van der Waals surface area contributed by atoms with Gasteiger partial charge in [-0.25, -0.2) is 9.48 Å². The molecule has 0 radical (unpaired) electrons. The van der Waals surface area contributed by atoms with Crippen molar-refractivity contribution in [1.82, 2.24) is 14.2 Å². The molecule has 2 aromatic heterocycles. The number of carbonyl (C=O) groups excluding carboxylic acids is 2. The van der Waals surface area contributed by atoms with Crippen molar-refractivity contribution in [2.75, 3.05) is 5.32 Å². The van der Waals surface area contributed by atoms with Crippen LogP contribution < -0.4 is 5.32 Å². The number of ether oxygens (including phenoxy) is 1. The smallest absolute Gasteiger partial charge is 0.357 e. The molecule has 1 amide bonds. The van der Waals surface area contributed by atoms with Gasteiger partial charge in [-0.15, -0.1) is 0 Å². The standard InChI is InChI=1S/C19H20N4O3S/c1-12-10-16(27-22-12)20-17(24)14-11-15(18(25)26-19(2,3)4)23(21-14)13-8-6-5-7-9-13/h5-11H,1-4H3,(H,20,24). The number of aryl methyl sites for hydroxylation is 1. The third-order valence-electron chi connectivity index (χ3n) is 3.42. The third-order valence-corrected chi connectivity index (χ3v) is 4.21. The summed E-state index contributed by atoms with van der Waals surface area (Å²) in [6.45, 7) is 7.20. The van der Waals surface area contributed by atoms with E-state index in [1.54, 1.807) is 39.0 Å². The van der Waals surface area contributed by atoms with Crippen LogP contribution in [-0.4, -0.2) is 31.6 Å². The quantitative estimate of drug-likeness (QED) is 0.691. The lowest BCUT2D eigenvalue weighted by atomic mass is 10.2. The summed E-state index contributed by atoms with van der Waals surface area (Å²) in [5, 5.41) is 7.69. The molecular formula is C19H20N4O3S. The number of anilines is 1. The molecule has 0 aliphatic rings. The van der Waals surface area contributed by atoms with Gasteiger partial charge in [0.1, 0.15) is 10.6 Å². The summed E-state index contributed by atoms with van der Waals surface area (Å²) in [4.78, 5) is 25.2. The van der Waals surface area contributed by atoms with E-state index in [1.807, 2.05) is 25.1 Å². The highest BCUT2D eigenvalue weighted by Gasteiger charge is 2.25. The van der Waals surface area contributed by atoms with Crippen molar-refractivity contribution in [2.24, 2.45) is 0 Å². The summed E-state index contributed by atoms with van der Waals surface area (Å²) in [7, 11) is 0. The lowest BCUT2D eigenvalue weighted by molar-refractivity contribution is 0.00593. The molecule has 140 valence electrons. The minimum atomic E-state index is -0.661. The fourth-order valence-electron chi connectivity index (χ4n) is 2.33. The van der Waals surface area contributed by atoms with Crippen LogP contribution in [0.15, 0.2) is 42.5 Å². The summed E-state index contributed by atoms with van der Waals surface area (Å²) in [6.07, 6.45) is 0. The van der Waals surface area contributed by atoms with E-state index in [9.17, 15) is 9.59 Å². The number of para-hydroxylation sites is 1. The number of hydrogen-bond acceptors (Lipinski definition) is 6. The molecule has 3 aromatic rings. The maximum atomic E-state index is 12.6. The van der Waals surface area contributed by atoms with E-state index in [1.165, 1.54) is 22.3 Å². The molecule has 8 heteroatoms. The zero-order valence-corrected chi connectivity index (χ0v) is 16.3. The second-order valence-corrected chi connectivity index (χ2v) is 7.76. The Balaban J connectivity index is 1.96. The van der Waals surface area contributed by atoms with Gasteiger partial charge in [-0.05, 0) is 57.4 Å². The fraction of sp³-hybridized carbons (Fsp3) is 0.263. The molecular weight excluding hydrogens is 364 g/mol. The van der Waals surface area contributed by atoms with Crippen molar-refractivity contribution in [2.45, 2.75) is 33.3 Å². The summed E-state index contributed by atoms with van der Waals surface area (Å²) in [5.41, 5.74) is 1.11. The van der Waals surface area contributed by atoms with Crippen LogP contribution in [0.25, 0.3) is 5.69 Å². The number of aromatic nitrogens is 3. The summed E-state index contributed by atoms with van der Waals surface area (Å²) >= 11 is 1.19. The SMILES string of the molecule is Cc1cc(NC(=O)c2cc(C(=O)OC(C)(C)C)n(-c3ccccc3)n2)sn1. The molecule has 0 saturated carbocycles. The van der Waals surface area contributed by atoms with Crippen molar-refractivity contribution in [3.63, 3.8) is 0 Å². The number of esters is 1. The number of rotatable bonds is 4. The van der Waals surface area contributed by atoms with E-state index in [0.717, 1.165) is 5.69 Å². The first-order chi connectivity index (χ1) is 12.7. The molecule has 2 heterocycles. The number of nitrogens with one attached hydrogen (secondary N) is 1. The van der Waals surface area contributed by atoms with Gasteiger partial charge in [0, 0.05) is 6.07 Å². The van der Waals surface area contributed by atoms with Crippen molar-refractivity contribution < 1.29 is 14.3 Å². The van der Waals surface area contributed by atoms with Crippen LogP contribution in [0.3, 0.4) is 0 Å². The van der Waals surface area contributed by atoms with Gasteiger partial charge in [0.05, 0.1) is 11.4 Å². The molecule has 7 nitrogen and oxygen atoms in total. The highest BCUT2D eigenvalue weighted by molar-refractivity contribution is 7.10. The largest absolute Gasteiger partial charge is 0.455 e. The predicted molar refractivity (Wildman–Crippen MR) is 104 cm³/mol. The first-order valence-corrected chi connectivity index (χ1v) is 9.14. The van der Waals surface area contributed by atoms with Gasteiger partial charge in [0.15, 0.2) is 11.4 Å². The highest BCUT2D eigenvalue weighted by Crippen LogP contribution is 2.20. The van der Waals surface area contributed by atoms with Gasteiger partial charge < -0.3 is 10.1 Å². The van der Waals surface area contributed by atoms with E-state index < -0.39 is 17.5 Å². The Morgan fingerprint density at radius 1 is 1.15 bits per heavy atom. The predicted octanol–water partition coefficient (Wildman–Crippen LogP) is 3.84. The van der Waals surface area contributed by atoms with Crippen LogP contribution in [-0.2, 0) is 4.74 Å². The average molecular weight is 384 g/mol. The van der Waals surface area contributed by atoms with Gasteiger partial charge >= 0.3 is 5.97 Å². The lowest BCUT2D eigenvalue weighted by Crippen LogP contribution is -2.25. The van der Waals surface area contributed by atoms with Crippen LogP contribution in [0.2, 0.25) is 0 Å². The number of amides is 1. The Hall–Kier alpha value is -3.00. The third kappa shape index (κ3) is 4.59. The van der Waals surface area contributed by atoms with E-state index in [-0.39, 0.29) is 11.4 Å². The van der Waals surface area contributed by atoms with Gasteiger partial charge in [0.25, 0.3) is 5.91 Å². The molecule has 0 atom stereocenters. The molecule has 1 aromatic carbocycles. The number of hydrogen-bond donors (Lipinski definition) is 1. The minimum absolute atomic E-state index is 0.116. The molecule has 1 N–H and O–H groups in total. The van der Waals surface area contributed by atoms with E-state index in [4.69, 9.17) is 4.74 Å². The van der Waals surface area contributed by atoms with Gasteiger partial charge in [-0.1, -0.05) is 18.2 Å². The molecule has 0 unspecified atom stereocenters. The number of nitrogens with zero attached hydrogens (tertiary/aromatic N) is 3. The molecule has 0 spiro atoms. The molecule has 27 heavy (non-hydrogen) atoms. The maximum absolute atomic E-state index is 12.6. The number of benzene rings is 1. The van der Waals surface area contributed by atoms with Crippen molar-refractivity contribution in [3.8, 4) is 5.69 Å². The molecule has 0 aliphatic heterocycles. The fourth-order valence-corrected chi connectivity index (χ4v) is 2.99. The van der Waals surface area contributed by atoms with Crippen LogP contribution in [0, 0.1) is 6.92 Å². The Kier molecular flexibility index (Phi) is 5.09. The topological polar surface area (TPSA) is 86.1 Å². The number of carbonyl (C=O) groups is 2. The first-order valence-electron chi connectivity index (χ1n) is 8.36. The summed E-state index contributed by atoms with van der Waals surface area (Å²) in [5.74, 6) is -0.968. The van der Waals surface area contributed by atoms with Crippen LogP contribution in [0.5, 0.6) is 0 Å². The Morgan fingerprint density at radius 2 is 1.85 bits per heavy atom. The van der Waals surface area contributed by atoms with Crippen LogP contribution >= 0.6 is 11.5 Å². The summed E-state index contributed by atoms with van der Waals surface area (Å²) in [6, 6.07) is 12.3. The molecule has 3 rings (SSSR count). The Bertz CT molecular complexity index is 971. The van der Waals surface area contributed by atoms with Crippen molar-refractivity contribution in [1.29, 1.82) is 0 Å². The zero-order chi connectivity index (χ0) is 19.6. The van der Waals surface area contributed by atoms with Gasteiger partial charge in [-0.2, -0.15) is 9.47 Å². The van der Waals surface area contributed by atoms with Gasteiger partial charge in [-0.3, -0.25) is 4.79 Å². The highest BCUT2D eigenvalue weighted by atomic mass is 32.1. The molecule has 0 bridgehead atoms. The second-order valence-electron chi connectivity index (χ2n) is 6.95. The Morgan fingerprint density at radius 3 is 2.44 bits per heavy atom. The van der Waals surface area contributed by atoms with Crippen LogP contribution in [0.1, 0.15) is 47.4 Å². The van der Waals surface area contributed by atoms with Crippen molar-refractivity contribution in [3.05, 3.63) is 59.5 Å². The zero-order valence-electron chi connectivity index (χ0n) is 15.5. The molecule has 0 saturated heterocycles. The van der Waals surface area contributed by atoms with Gasteiger partial charge in [0.2, 0.25) is 0 Å². The summed E-state index contributed by atoms with van der Waals surface area (Å²) < 4.78 is 11.0. The molecule has 0 fully saturated rings. The van der Waals surface area contributed by atoms with Crippen LogP contribution in [0.4, 0.5) is 5.00 Å². The van der Waals surface area contributed by atoms with E-state index in [0.29, 0.717) is 10.7 Å². The molecule has 0 aliphatic carbocycles. The van der Waals surface area contributed by atoms with Crippen molar-refractivity contribution >= 4 is 28.4 Å². The second kappa shape index (κ2) is 7.32. The lowest BCUT2D eigenvalue weighted by Gasteiger charge is -2.19. The average Bonchev–Trinajstić information content (AvgIpc) is 3.21. The Labute approximate surface area is 161 Å². The normalized spacial score (nSPS) is 11.3. The first kappa shape index (κ1) is 18.8.